The molecule has 1 aromatic carbocycles. The Bertz CT molecular complexity index is 424. The number of aliphatic hydroxyl groups is 1. The second kappa shape index (κ2) is 6.42. The van der Waals surface area contributed by atoms with Crippen molar-refractivity contribution in [1.82, 2.24) is 5.32 Å². The molecule has 0 spiro atoms. The first-order chi connectivity index (χ1) is 8.47. The van der Waals surface area contributed by atoms with E-state index in [-0.39, 0.29) is 30.7 Å². The zero-order valence-corrected chi connectivity index (χ0v) is 10.4. The highest BCUT2D eigenvalue weighted by molar-refractivity contribution is 5.36. The highest BCUT2D eigenvalue weighted by atomic mass is 19.1. The van der Waals surface area contributed by atoms with Crippen molar-refractivity contribution in [3.05, 3.63) is 39.7 Å². The number of rotatable bonds is 6. The van der Waals surface area contributed by atoms with Crippen LogP contribution in [0.25, 0.3) is 0 Å². The molecule has 0 fully saturated rings. The maximum Gasteiger partial charge on any atom is 0.305 e. The first-order valence-electron chi connectivity index (χ1n) is 5.73. The fourth-order valence-corrected chi connectivity index (χ4v) is 1.60. The van der Waals surface area contributed by atoms with E-state index in [0.717, 1.165) is 6.07 Å². The van der Waals surface area contributed by atoms with Crippen LogP contribution in [-0.2, 0) is 6.54 Å². The van der Waals surface area contributed by atoms with Crippen LogP contribution in [0, 0.1) is 21.8 Å². The molecule has 0 aliphatic rings. The van der Waals surface area contributed by atoms with Crippen LogP contribution in [0.3, 0.4) is 0 Å². The van der Waals surface area contributed by atoms with E-state index >= 15 is 0 Å². The second-order valence-electron chi connectivity index (χ2n) is 4.42. The molecule has 0 aromatic heterocycles. The van der Waals surface area contributed by atoms with Crippen molar-refractivity contribution >= 4 is 5.69 Å². The van der Waals surface area contributed by atoms with E-state index in [1.807, 2.05) is 13.8 Å². The van der Waals surface area contributed by atoms with Gasteiger partial charge < -0.3 is 10.4 Å². The van der Waals surface area contributed by atoms with Crippen LogP contribution in [0.4, 0.5) is 10.1 Å². The Kier molecular flexibility index (Phi) is 5.18. The summed E-state index contributed by atoms with van der Waals surface area (Å²) in [6, 6.07) is 3.90. The number of halogens is 1. The van der Waals surface area contributed by atoms with Crippen LogP contribution in [0.5, 0.6) is 0 Å². The van der Waals surface area contributed by atoms with Gasteiger partial charge in [-0.15, -0.1) is 0 Å². The molecule has 0 radical (unpaired) electrons. The molecule has 6 heteroatoms. The SMILES string of the molecule is CC(C)C(CO)NCc1cccc([N+](=O)[O-])c1F. The number of aliphatic hydroxyl groups excluding tert-OH is 1. The Morgan fingerprint density at radius 3 is 2.67 bits per heavy atom. The van der Waals surface area contributed by atoms with Crippen LogP contribution in [0.2, 0.25) is 0 Å². The number of benzene rings is 1. The molecule has 0 saturated carbocycles. The lowest BCUT2D eigenvalue weighted by Gasteiger charge is -2.20. The molecule has 5 nitrogen and oxygen atoms in total. The van der Waals surface area contributed by atoms with Gasteiger partial charge in [-0.1, -0.05) is 26.0 Å². The molecular formula is C12H17FN2O3. The zero-order chi connectivity index (χ0) is 13.7. The van der Waals surface area contributed by atoms with Crippen LogP contribution < -0.4 is 5.32 Å². The van der Waals surface area contributed by atoms with Gasteiger partial charge >= 0.3 is 5.69 Å². The Hall–Kier alpha value is -1.53. The first-order valence-corrected chi connectivity index (χ1v) is 5.73. The molecule has 0 aliphatic heterocycles. The Balaban J connectivity index is 2.79. The van der Waals surface area contributed by atoms with Crippen LogP contribution >= 0.6 is 0 Å². The smallest absolute Gasteiger partial charge is 0.305 e. The Morgan fingerprint density at radius 1 is 1.50 bits per heavy atom. The number of hydrogen-bond donors (Lipinski definition) is 2. The summed E-state index contributed by atoms with van der Waals surface area (Å²) >= 11 is 0. The number of nitrogens with zero attached hydrogens (tertiary/aromatic N) is 1. The van der Waals surface area contributed by atoms with Gasteiger partial charge in [-0.2, -0.15) is 4.39 Å². The molecule has 0 bridgehead atoms. The van der Waals surface area contributed by atoms with Gasteiger partial charge in [0.1, 0.15) is 0 Å². The van der Waals surface area contributed by atoms with Crippen molar-refractivity contribution in [2.75, 3.05) is 6.61 Å². The highest BCUT2D eigenvalue weighted by Gasteiger charge is 2.18. The number of hydrogen-bond acceptors (Lipinski definition) is 4. The van der Waals surface area contributed by atoms with Crippen molar-refractivity contribution in [1.29, 1.82) is 0 Å². The molecule has 18 heavy (non-hydrogen) atoms. The van der Waals surface area contributed by atoms with Crippen molar-refractivity contribution in [2.24, 2.45) is 5.92 Å². The van der Waals surface area contributed by atoms with E-state index in [9.17, 15) is 14.5 Å². The lowest BCUT2D eigenvalue weighted by molar-refractivity contribution is -0.387. The van der Waals surface area contributed by atoms with Gasteiger partial charge in [0.15, 0.2) is 0 Å². The molecule has 0 amide bonds. The lowest BCUT2D eigenvalue weighted by atomic mass is 10.0. The Morgan fingerprint density at radius 2 is 2.17 bits per heavy atom. The fourth-order valence-electron chi connectivity index (χ4n) is 1.60. The van der Waals surface area contributed by atoms with E-state index in [1.165, 1.54) is 12.1 Å². The number of nitro benzene ring substituents is 1. The van der Waals surface area contributed by atoms with E-state index in [1.54, 1.807) is 0 Å². The molecule has 0 heterocycles. The molecule has 0 saturated heterocycles. The van der Waals surface area contributed by atoms with Crippen LogP contribution in [0.1, 0.15) is 19.4 Å². The fraction of sp³-hybridized carbons (Fsp3) is 0.500. The molecule has 1 rings (SSSR count). The quantitative estimate of drug-likeness (QED) is 0.601. The highest BCUT2D eigenvalue weighted by Crippen LogP contribution is 2.20. The van der Waals surface area contributed by atoms with Crippen LogP contribution in [0.15, 0.2) is 18.2 Å². The van der Waals surface area contributed by atoms with Crippen molar-refractivity contribution in [2.45, 2.75) is 26.4 Å². The standard InChI is InChI=1S/C12H17FN2O3/c1-8(2)10(7-16)14-6-9-4-3-5-11(12(9)13)15(17)18/h3-5,8,10,14,16H,6-7H2,1-2H3. The molecule has 1 unspecified atom stereocenters. The number of nitro groups is 1. The van der Waals surface area contributed by atoms with E-state index in [4.69, 9.17) is 5.11 Å². The Labute approximate surface area is 105 Å². The topological polar surface area (TPSA) is 75.4 Å². The molecule has 0 aliphatic carbocycles. The summed E-state index contributed by atoms with van der Waals surface area (Å²) < 4.78 is 13.7. The minimum absolute atomic E-state index is 0.0613. The minimum Gasteiger partial charge on any atom is -0.395 e. The van der Waals surface area contributed by atoms with Gasteiger partial charge in [0.2, 0.25) is 5.82 Å². The third-order valence-corrected chi connectivity index (χ3v) is 2.81. The van der Waals surface area contributed by atoms with E-state index < -0.39 is 16.4 Å². The van der Waals surface area contributed by atoms with Gasteiger partial charge in [0.25, 0.3) is 0 Å². The monoisotopic (exact) mass is 256 g/mol. The minimum atomic E-state index is -0.824. The summed E-state index contributed by atoms with van der Waals surface area (Å²) in [5, 5.41) is 22.7. The predicted molar refractivity (Wildman–Crippen MR) is 65.6 cm³/mol. The molecule has 100 valence electrons. The lowest BCUT2D eigenvalue weighted by Crippen LogP contribution is -2.36. The normalized spacial score (nSPS) is 12.7. The summed E-state index contributed by atoms with van der Waals surface area (Å²) in [7, 11) is 0. The zero-order valence-electron chi connectivity index (χ0n) is 10.4. The molecule has 1 aromatic rings. The maximum absolute atomic E-state index is 13.7. The summed E-state index contributed by atoms with van der Waals surface area (Å²) in [5.74, 6) is -0.632. The molecular weight excluding hydrogens is 239 g/mol. The summed E-state index contributed by atoms with van der Waals surface area (Å²) in [6.07, 6.45) is 0. The maximum atomic E-state index is 13.7. The second-order valence-corrected chi connectivity index (χ2v) is 4.42. The molecule has 2 N–H and O–H groups in total. The first kappa shape index (κ1) is 14.5. The van der Waals surface area contributed by atoms with Gasteiger partial charge in [-0.25, -0.2) is 0 Å². The van der Waals surface area contributed by atoms with Gasteiger partial charge in [0, 0.05) is 24.2 Å². The summed E-state index contributed by atoms with van der Waals surface area (Å²) in [4.78, 5) is 9.84. The summed E-state index contributed by atoms with van der Waals surface area (Å²) in [5.41, 5.74) is -0.303. The third kappa shape index (κ3) is 3.48. The van der Waals surface area contributed by atoms with E-state index in [0.29, 0.717) is 0 Å². The average molecular weight is 256 g/mol. The van der Waals surface area contributed by atoms with Gasteiger partial charge in [-0.05, 0) is 5.92 Å². The van der Waals surface area contributed by atoms with Crippen molar-refractivity contribution in [3.8, 4) is 0 Å². The largest absolute Gasteiger partial charge is 0.395 e. The third-order valence-electron chi connectivity index (χ3n) is 2.81. The van der Waals surface area contributed by atoms with Crippen molar-refractivity contribution in [3.63, 3.8) is 0 Å². The number of nitrogens with one attached hydrogen (secondary N) is 1. The molecule has 1 atom stereocenters. The average Bonchev–Trinajstić information content (AvgIpc) is 2.31. The van der Waals surface area contributed by atoms with Crippen molar-refractivity contribution < 1.29 is 14.4 Å². The van der Waals surface area contributed by atoms with Gasteiger partial charge in [0.05, 0.1) is 11.5 Å². The van der Waals surface area contributed by atoms with E-state index in [2.05, 4.69) is 5.32 Å². The predicted octanol–water partition coefficient (Wildman–Crippen LogP) is 1.84. The van der Waals surface area contributed by atoms with Crippen LogP contribution in [-0.4, -0.2) is 22.7 Å². The summed E-state index contributed by atoms with van der Waals surface area (Å²) in [6.45, 7) is 3.94. The van der Waals surface area contributed by atoms with Gasteiger partial charge in [-0.3, -0.25) is 10.1 Å².